The lowest BCUT2D eigenvalue weighted by Crippen LogP contribution is -2.37. The smallest absolute Gasteiger partial charge is 0.325 e. The second kappa shape index (κ2) is 6.46. The molecular formula is C15H16N6O5. The Balaban J connectivity index is 1.86. The van der Waals surface area contributed by atoms with Crippen LogP contribution in [0.2, 0.25) is 0 Å². The lowest BCUT2D eigenvalue weighted by molar-refractivity contribution is -0.116. The van der Waals surface area contributed by atoms with E-state index in [1.54, 1.807) is 0 Å². The molecule has 0 bridgehead atoms. The van der Waals surface area contributed by atoms with Gasteiger partial charge < -0.3 is 9.88 Å². The van der Waals surface area contributed by atoms with Crippen LogP contribution >= 0.6 is 0 Å². The molecule has 0 spiro atoms. The van der Waals surface area contributed by atoms with Crippen molar-refractivity contribution in [1.29, 1.82) is 0 Å². The van der Waals surface area contributed by atoms with E-state index in [9.17, 15) is 14.4 Å². The molecule has 0 aliphatic heterocycles. The van der Waals surface area contributed by atoms with Gasteiger partial charge in [0, 0.05) is 19.8 Å². The molecule has 0 aliphatic carbocycles. The second-order valence-corrected chi connectivity index (χ2v) is 5.63. The number of benzene rings is 1. The highest BCUT2D eigenvalue weighted by Crippen LogP contribution is 2.15. The van der Waals surface area contributed by atoms with Crippen molar-refractivity contribution in [1.82, 2.24) is 18.7 Å². The number of nitrogens with one attached hydrogen (secondary N) is 1. The molecule has 1 aromatic carbocycles. The second-order valence-electron chi connectivity index (χ2n) is 5.63. The highest BCUT2D eigenvalue weighted by Gasteiger charge is 2.16. The summed E-state index contributed by atoms with van der Waals surface area (Å²) in [7, 11) is 2.85. The Morgan fingerprint density at radius 2 is 1.81 bits per heavy atom. The Morgan fingerprint density at radius 1 is 1.15 bits per heavy atom. The predicted octanol–water partition coefficient (Wildman–Crippen LogP) is -0.343. The largest absolute Gasteiger partial charge is 0.332 e. The molecule has 2 heterocycles. The van der Waals surface area contributed by atoms with E-state index in [1.807, 2.05) is 0 Å². The number of hydrogen-bond donors (Lipinski definition) is 3. The maximum absolute atomic E-state index is 12.3. The van der Waals surface area contributed by atoms with Gasteiger partial charge in [-0.25, -0.2) is 9.78 Å². The number of anilines is 2. The average molecular weight is 360 g/mol. The first-order valence-corrected chi connectivity index (χ1v) is 7.48. The first-order valence-electron chi connectivity index (χ1n) is 7.48. The Labute approximate surface area is 145 Å². The van der Waals surface area contributed by atoms with E-state index in [-0.39, 0.29) is 28.6 Å². The van der Waals surface area contributed by atoms with E-state index in [4.69, 9.17) is 10.4 Å². The van der Waals surface area contributed by atoms with Crippen LogP contribution in [0, 0.1) is 0 Å². The van der Waals surface area contributed by atoms with Crippen LogP contribution in [0.15, 0.2) is 40.2 Å². The van der Waals surface area contributed by atoms with E-state index in [2.05, 4.69) is 10.3 Å². The predicted molar refractivity (Wildman–Crippen MR) is 91.3 cm³/mol. The van der Waals surface area contributed by atoms with Gasteiger partial charge in [-0.3, -0.25) is 29.1 Å². The molecule has 0 radical (unpaired) electrons. The Morgan fingerprint density at radius 3 is 2.42 bits per heavy atom. The summed E-state index contributed by atoms with van der Waals surface area (Å²) < 4.78 is 3.55. The van der Waals surface area contributed by atoms with Gasteiger partial charge in [-0.05, 0) is 24.3 Å². The molecule has 3 rings (SSSR count). The molecule has 11 heteroatoms. The van der Waals surface area contributed by atoms with Crippen molar-refractivity contribution < 1.29 is 15.2 Å². The van der Waals surface area contributed by atoms with Crippen LogP contribution in [0.25, 0.3) is 11.2 Å². The highest BCUT2D eigenvalue weighted by molar-refractivity contribution is 5.91. The number of carbonyl (C=O) groups excluding carboxylic acids is 1. The highest BCUT2D eigenvalue weighted by atomic mass is 16.8. The minimum absolute atomic E-state index is 0.0384. The molecule has 0 atom stereocenters. The summed E-state index contributed by atoms with van der Waals surface area (Å²) in [6.07, 6.45) is 1.32. The minimum atomic E-state index is -0.538. The minimum Gasteiger partial charge on any atom is -0.325 e. The number of rotatable bonds is 4. The van der Waals surface area contributed by atoms with E-state index in [1.165, 1.54) is 53.8 Å². The maximum atomic E-state index is 12.3. The van der Waals surface area contributed by atoms with Crippen molar-refractivity contribution in [3.63, 3.8) is 0 Å². The van der Waals surface area contributed by atoms with Crippen molar-refractivity contribution >= 4 is 28.4 Å². The van der Waals surface area contributed by atoms with Crippen molar-refractivity contribution in [2.24, 2.45) is 14.1 Å². The number of imidazole rings is 1. The first-order chi connectivity index (χ1) is 12.3. The van der Waals surface area contributed by atoms with Crippen LogP contribution in [0.1, 0.15) is 0 Å². The summed E-state index contributed by atoms with van der Waals surface area (Å²) in [6, 6.07) is 5.77. The summed E-state index contributed by atoms with van der Waals surface area (Å²) in [5.41, 5.74) is -0.126. The molecule has 3 N–H and O–H groups in total. The van der Waals surface area contributed by atoms with Crippen molar-refractivity contribution in [3.8, 4) is 0 Å². The molecule has 1 amide bonds. The number of fused-ring (bicyclic) bond motifs is 1. The standard InChI is InChI=1S/C15H16N6O5/c1-18-13-12(14(23)19(2)15(18)24)20(8-16-13)7-11(22)17-9-3-5-10(6-4-9)21(25)26/h3-6,8,25-26H,7H2,1-2H3,(H,17,22). The van der Waals surface area contributed by atoms with Crippen LogP contribution in [-0.2, 0) is 25.4 Å². The van der Waals surface area contributed by atoms with Gasteiger partial charge in [0.2, 0.25) is 5.91 Å². The molecule has 26 heavy (non-hydrogen) atoms. The number of aromatic nitrogens is 4. The van der Waals surface area contributed by atoms with Crippen LogP contribution in [0.5, 0.6) is 0 Å². The zero-order valence-corrected chi connectivity index (χ0v) is 13.9. The molecule has 0 aliphatic rings. The Kier molecular flexibility index (Phi) is 4.32. The quantitative estimate of drug-likeness (QED) is 0.542. The van der Waals surface area contributed by atoms with Gasteiger partial charge in [-0.15, -0.1) is 5.23 Å². The number of hydrogen-bond acceptors (Lipinski definition) is 7. The number of nitrogens with zero attached hydrogens (tertiary/aromatic N) is 5. The third kappa shape index (κ3) is 2.96. The topological polar surface area (TPSA) is 135 Å². The van der Waals surface area contributed by atoms with E-state index in [0.29, 0.717) is 5.69 Å². The fourth-order valence-electron chi connectivity index (χ4n) is 2.55. The third-order valence-electron chi connectivity index (χ3n) is 3.91. The molecule has 0 saturated heterocycles. The van der Waals surface area contributed by atoms with Crippen LogP contribution < -0.4 is 21.8 Å². The zero-order chi connectivity index (χ0) is 19.0. The van der Waals surface area contributed by atoms with Gasteiger partial charge in [0.15, 0.2) is 11.2 Å². The molecular weight excluding hydrogens is 344 g/mol. The fraction of sp³-hybridized carbons (Fsp3) is 0.200. The summed E-state index contributed by atoms with van der Waals surface area (Å²) in [6.45, 7) is -0.183. The summed E-state index contributed by atoms with van der Waals surface area (Å²) in [5.74, 6) is -0.419. The van der Waals surface area contributed by atoms with Crippen molar-refractivity contribution in [3.05, 3.63) is 51.4 Å². The summed E-state index contributed by atoms with van der Waals surface area (Å²) >= 11 is 0. The Bertz CT molecular complexity index is 1090. The number of aryl methyl sites for hydroxylation is 1. The average Bonchev–Trinajstić information content (AvgIpc) is 3.02. The first kappa shape index (κ1) is 17.4. The molecule has 3 aromatic rings. The van der Waals surface area contributed by atoms with Gasteiger partial charge in [0.05, 0.1) is 12.0 Å². The monoisotopic (exact) mass is 360 g/mol. The van der Waals surface area contributed by atoms with Crippen LogP contribution in [0.3, 0.4) is 0 Å². The molecule has 0 fully saturated rings. The molecule has 2 aromatic heterocycles. The third-order valence-corrected chi connectivity index (χ3v) is 3.91. The lowest BCUT2D eigenvalue weighted by Gasteiger charge is -2.10. The van der Waals surface area contributed by atoms with Gasteiger partial charge in [0.1, 0.15) is 6.54 Å². The van der Waals surface area contributed by atoms with Gasteiger partial charge in [-0.2, -0.15) is 0 Å². The van der Waals surface area contributed by atoms with Crippen LogP contribution in [-0.4, -0.2) is 35.0 Å². The molecule has 0 saturated carbocycles. The van der Waals surface area contributed by atoms with Crippen molar-refractivity contribution in [2.45, 2.75) is 6.54 Å². The van der Waals surface area contributed by atoms with Gasteiger partial charge in [0.25, 0.3) is 5.56 Å². The van der Waals surface area contributed by atoms with Crippen molar-refractivity contribution in [2.75, 3.05) is 10.5 Å². The Hall–Kier alpha value is -3.44. The zero-order valence-electron chi connectivity index (χ0n) is 13.9. The van der Waals surface area contributed by atoms with E-state index in [0.717, 1.165) is 4.57 Å². The molecule has 0 unspecified atom stereocenters. The number of amides is 1. The van der Waals surface area contributed by atoms with Gasteiger partial charge >= 0.3 is 5.69 Å². The van der Waals surface area contributed by atoms with Crippen LogP contribution in [0.4, 0.5) is 11.4 Å². The summed E-state index contributed by atoms with van der Waals surface area (Å²) in [5, 5.41) is 20.4. The molecule has 136 valence electrons. The lowest BCUT2D eigenvalue weighted by atomic mass is 10.3. The van der Waals surface area contributed by atoms with E-state index < -0.39 is 17.2 Å². The maximum Gasteiger partial charge on any atom is 0.332 e. The fourth-order valence-corrected chi connectivity index (χ4v) is 2.55. The van der Waals surface area contributed by atoms with Gasteiger partial charge in [-0.1, -0.05) is 0 Å². The summed E-state index contributed by atoms with van der Waals surface area (Å²) in [4.78, 5) is 40.5. The molecule has 11 nitrogen and oxygen atoms in total. The SMILES string of the molecule is Cn1c(=O)c2c(ncn2CC(=O)Nc2ccc(N(O)O)cc2)n(C)c1=O. The number of carbonyl (C=O) groups is 1. The normalized spacial score (nSPS) is 10.9. The van der Waals surface area contributed by atoms with E-state index >= 15 is 0 Å².